The van der Waals surface area contributed by atoms with Crippen LogP contribution in [0.15, 0.2) is 51.5 Å². The number of carbonyl (C=O) groups excluding carboxylic acids is 1. The molecule has 0 saturated heterocycles. The Morgan fingerprint density at radius 1 is 1.21 bits per heavy atom. The van der Waals surface area contributed by atoms with Gasteiger partial charge in [0.2, 0.25) is 11.7 Å². The molecule has 1 aromatic heterocycles. The predicted octanol–water partition coefficient (Wildman–Crippen LogP) is 4.59. The van der Waals surface area contributed by atoms with Crippen LogP contribution in [0.5, 0.6) is 5.75 Å². The van der Waals surface area contributed by atoms with Crippen LogP contribution in [-0.4, -0.2) is 22.2 Å². The average molecular weight is 444 g/mol. The number of amides is 1. The van der Waals surface area contributed by atoms with E-state index >= 15 is 0 Å². The molecule has 7 heteroatoms. The molecule has 3 rings (SSSR count). The summed E-state index contributed by atoms with van der Waals surface area (Å²) in [5.74, 6) is 1.27. The number of ether oxygens (including phenoxy) is 1. The second kappa shape index (κ2) is 9.01. The minimum absolute atomic E-state index is 0.145. The molecule has 2 aromatic carbocycles. The third-order valence-electron chi connectivity index (χ3n) is 4.38. The van der Waals surface area contributed by atoms with Gasteiger partial charge in [-0.2, -0.15) is 4.98 Å². The molecule has 0 radical (unpaired) electrons. The predicted molar refractivity (Wildman–Crippen MR) is 110 cm³/mol. The summed E-state index contributed by atoms with van der Waals surface area (Å²) in [5.41, 5.74) is 3.14. The molecule has 0 fully saturated rings. The summed E-state index contributed by atoms with van der Waals surface area (Å²) in [6, 6.07) is 13.4. The summed E-state index contributed by atoms with van der Waals surface area (Å²) in [7, 11) is 0. The summed E-state index contributed by atoms with van der Waals surface area (Å²) < 4.78 is 12.0. The quantitative estimate of drug-likeness (QED) is 0.577. The van der Waals surface area contributed by atoms with E-state index in [9.17, 15) is 4.79 Å². The van der Waals surface area contributed by atoms with E-state index in [0.717, 1.165) is 15.6 Å². The van der Waals surface area contributed by atoms with E-state index in [1.165, 1.54) is 5.56 Å². The van der Waals surface area contributed by atoms with Crippen LogP contribution in [-0.2, 0) is 11.3 Å². The summed E-state index contributed by atoms with van der Waals surface area (Å²) >= 11 is 3.42. The van der Waals surface area contributed by atoms with Crippen molar-refractivity contribution >= 4 is 21.8 Å². The van der Waals surface area contributed by atoms with Crippen molar-refractivity contribution in [3.05, 3.63) is 64.0 Å². The Labute approximate surface area is 172 Å². The fourth-order valence-electron chi connectivity index (χ4n) is 2.62. The van der Waals surface area contributed by atoms with Crippen molar-refractivity contribution in [2.75, 3.05) is 0 Å². The molecule has 0 unspecified atom stereocenters. The van der Waals surface area contributed by atoms with Crippen LogP contribution >= 0.6 is 15.9 Å². The molecule has 0 aliphatic carbocycles. The van der Waals surface area contributed by atoms with Gasteiger partial charge < -0.3 is 14.6 Å². The first-order chi connectivity index (χ1) is 13.5. The highest BCUT2D eigenvalue weighted by atomic mass is 79.9. The standard InChI is InChI=1S/C21H22BrN3O3/c1-4-18(27-17-9-8-13(2)14(3)10-17)21(26)23-12-19-24-20(25-28-19)15-6-5-7-16(22)11-15/h5-11,18H,4,12H2,1-3H3,(H,23,26)/t18-/m1/s1. The van der Waals surface area contributed by atoms with Crippen LogP contribution in [0.1, 0.15) is 30.4 Å². The van der Waals surface area contributed by atoms with Gasteiger partial charge >= 0.3 is 0 Å². The molecule has 0 aliphatic heterocycles. The Hall–Kier alpha value is -2.67. The van der Waals surface area contributed by atoms with Crippen molar-refractivity contribution in [1.29, 1.82) is 0 Å². The van der Waals surface area contributed by atoms with Gasteiger partial charge in [0, 0.05) is 10.0 Å². The number of aromatic nitrogens is 2. The first kappa shape index (κ1) is 20.1. The Kier molecular flexibility index (Phi) is 6.46. The summed E-state index contributed by atoms with van der Waals surface area (Å²) in [6.45, 7) is 6.10. The monoisotopic (exact) mass is 443 g/mol. The fourth-order valence-corrected chi connectivity index (χ4v) is 3.02. The number of hydrogen-bond donors (Lipinski definition) is 1. The largest absolute Gasteiger partial charge is 0.481 e. The smallest absolute Gasteiger partial charge is 0.261 e. The third-order valence-corrected chi connectivity index (χ3v) is 4.88. The van der Waals surface area contributed by atoms with Crippen molar-refractivity contribution < 1.29 is 14.1 Å². The fraction of sp³-hybridized carbons (Fsp3) is 0.286. The topological polar surface area (TPSA) is 77.2 Å². The van der Waals surface area contributed by atoms with Crippen LogP contribution in [0.3, 0.4) is 0 Å². The van der Waals surface area contributed by atoms with Crippen LogP contribution in [0, 0.1) is 13.8 Å². The maximum Gasteiger partial charge on any atom is 0.261 e. The molecule has 6 nitrogen and oxygen atoms in total. The molecule has 28 heavy (non-hydrogen) atoms. The van der Waals surface area contributed by atoms with E-state index in [1.54, 1.807) is 0 Å². The molecule has 0 spiro atoms. The van der Waals surface area contributed by atoms with Crippen molar-refractivity contribution in [2.24, 2.45) is 0 Å². The summed E-state index contributed by atoms with van der Waals surface area (Å²) in [4.78, 5) is 16.8. The van der Waals surface area contributed by atoms with Crippen LogP contribution < -0.4 is 10.1 Å². The van der Waals surface area contributed by atoms with Gasteiger partial charge in [-0.15, -0.1) is 0 Å². The number of hydrogen-bond acceptors (Lipinski definition) is 5. The van der Waals surface area contributed by atoms with Crippen LogP contribution in [0.25, 0.3) is 11.4 Å². The van der Waals surface area contributed by atoms with E-state index < -0.39 is 6.10 Å². The van der Waals surface area contributed by atoms with Gasteiger partial charge in [-0.05, 0) is 55.7 Å². The van der Waals surface area contributed by atoms with Gasteiger partial charge in [-0.25, -0.2) is 0 Å². The average Bonchev–Trinajstić information content (AvgIpc) is 3.16. The highest BCUT2D eigenvalue weighted by Crippen LogP contribution is 2.21. The van der Waals surface area contributed by atoms with E-state index in [-0.39, 0.29) is 12.5 Å². The molecular weight excluding hydrogens is 422 g/mol. The second-order valence-electron chi connectivity index (χ2n) is 6.50. The molecule has 3 aromatic rings. The Balaban J connectivity index is 1.60. The lowest BCUT2D eigenvalue weighted by Crippen LogP contribution is -2.37. The zero-order chi connectivity index (χ0) is 20.1. The van der Waals surface area contributed by atoms with Gasteiger partial charge in [-0.3, -0.25) is 4.79 Å². The molecule has 0 saturated carbocycles. The summed E-state index contributed by atoms with van der Waals surface area (Å²) in [5, 5.41) is 6.77. The first-order valence-electron chi connectivity index (χ1n) is 9.06. The van der Waals surface area contributed by atoms with Crippen molar-refractivity contribution in [2.45, 2.75) is 39.8 Å². The number of halogens is 1. The van der Waals surface area contributed by atoms with Gasteiger partial charge in [-0.1, -0.05) is 46.2 Å². The zero-order valence-corrected chi connectivity index (χ0v) is 17.6. The van der Waals surface area contributed by atoms with Gasteiger partial charge in [0.15, 0.2) is 6.10 Å². The molecule has 146 valence electrons. The maximum absolute atomic E-state index is 12.5. The second-order valence-corrected chi connectivity index (χ2v) is 7.42. The van der Waals surface area contributed by atoms with E-state index in [1.807, 2.05) is 63.2 Å². The van der Waals surface area contributed by atoms with E-state index in [4.69, 9.17) is 9.26 Å². The number of rotatable bonds is 7. The lowest BCUT2D eigenvalue weighted by Gasteiger charge is -2.17. The normalized spacial score (nSPS) is 11.9. The molecular formula is C21H22BrN3O3. The minimum Gasteiger partial charge on any atom is -0.481 e. The summed E-state index contributed by atoms with van der Waals surface area (Å²) in [6.07, 6.45) is -0.0409. The first-order valence-corrected chi connectivity index (χ1v) is 9.85. The SMILES string of the molecule is CC[C@@H](Oc1ccc(C)c(C)c1)C(=O)NCc1nc(-c2cccc(Br)c2)no1. The number of nitrogens with zero attached hydrogens (tertiary/aromatic N) is 2. The molecule has 1 atom stereocenters. The Morgan fingerprint density at radius 3 is 2.75 bits per heavy atom. The maximum atomic E-state index is 12.5. The van der Waals surface area contributed by atoms with Gasteiger partial charge in [0.05, 0.1) is 6.54 Å². The Morgan fingerprint density at radius 2 is 2.04 bits per heavy atom. The van der Waals surface area contributed by atoms with E-state index in [2.05, 4.69) is 31.4 Å². The van der Waals surface area contributed by atoms with Crippen LogP contribution in [0.4, 0.5) is 0 Å². The van der Waals surface area contributed by atoms with Gasteiger partial charge in [0.25, 0.3) is 5.91 Å². The highest BCUT2D eigenvalue weighted by molar-refractivity contribution is 9.10. The molecule has 1 heterocycles. The third kappa shape index (κ3) is 4.98. The zero-order valence-electron chi connectivity index (χ0n) is 16.0. The lowest BCUT2D eigenvalue weighted by atomic mass is 10.1. The number of carbonyl (C=O) groups is 1. The van der Waals surface area contributed by atoms with Crippen molar-refractivity contribution in [3.8, 4) is 17.1 Å². The minimum atomic E-state index is -0.588. The highest BCUT2D eigenvalue weighted by Gasteiger charge is 2.19. The Bertz CT molecular complexity index is 971. The number of nitrogens with one attached hydrogen (secondary N) is 1. The molecule has 0 aliphatic rings. The van der Waals surface area contributed by atoms with Crippen LogP contribution in [0.2, 0.25) is 0 Å². The van der Waals surface area contributed by atoms with Crippen molar-refractivity contribution in [3.63, 3.8) is 0 Å². The number of benzene rings is 2. The lowest BCUT2D eigenvalue weighted by molar-refractivity contribution is -0.128. The molecule has 1 N–H and O–H groups in total. The van der Waals surface area contributed by atoms with Crippen molar-refractivity contribution in [1.82, 2.24) is 15.5 Å². The molecule has 1 amide bonds. The molecule has 0 bridgehead atoms. The van der Waals surface area contributed by atoms with E-state index in [0.29, 0.717) is 23.9 Å². The number of aryl methyl sites for hydroxylation is 2. The van der Waals surface area contributed by atoms with Gasteiger partial charge in [0.1, 0.15) is 5.75 Å².